The lowest BCUT2D eigenvalue weighted by molar-refractivity contribution is -0.386. The van der Waals surface area contributed by atoms with Crippen LogP contribution in [0.1, 0.15) is 32.9 Å². The lowest BCUT2D eigenvalue weighted by Crippen LogP contribution is -2.32. The van der Waals surface area contributed by atoms with E-state index in [0.717, 1.165) is 13.0 Å². The van der Waals surface area contributed by atoms with Crippen LogP contribution in [0.2, 0.25) is 0 Å². The van der Waals surface area contributed by atoms with E-state index in [1.165, 1.54) is 6.07 Å². The molecule has 1 N–H and O–H groups in total. The van der Waals surface area contributed by atoms with E-state index < -0.39 is 0 Å². The number of likely N-dealkylation sites (N-methyl/N-ethyl adjacent to an activating group) is 1. The summed E-state index contributed by atoms with van der Waals surface area (Å²) in [5, 5.41) is 14.4. The fourth-order valence-electron chi connectivity index (χ4n) is 2.10. The molecule has 1 heterocycles. The molecule has 0 aliphatic carbocycles. The monoisotopic (exact) mass is 329 g/mol. The number of nitrogens with zero attached hydrogens (tertiary/aromatic N) is 2. The molecule has 0 fully saturated rings. The molecule has 0 aromatic carbocycles. The minimum Gasteiger partial charge on any atom is -0.314 e. The molecule has 19 heavy (non-hydrogen) atoms. The maximum Gasteiger partial charge on any atom is 0.291 e. The quantitative estimate of drug-likeness (QED) is 0.615. The van der Waals surface area contributed by atoms with Gasteiger partial charge in [-0.25, -0.2) is 0 Å². The van der Waals surface area contributed by atoms with Crippen molar-refractivity contribution in [1.82, 2.24) is 10.3 Å². The number of pyridine rings is 1. The highest BCUT2D eigenvalue weighted by molar-refractivity contribution is 9.10. The molecule has 0 spiro atoms. The summed E-state index contributed by atoms with van der Waals surface area (Å²) in [6, 6.07) is 1.73. The summed E-state index contributed by atoms with van der Waals surface area (Å²) < 4.78 is 0.631. The topological polar surface area (TPSA) is 68.1 Å². The second-order valence-electron chi connectivity index (χ2n) is 4.96. The summed E-state index contributed by atoms with van der Waals surface area (Å²) in [6.07, 6.45) is 3.17. The third-order valence-corrected chi connectivity index (χ3v) is 3.23. The average Bonchev–Trinajstić information content (AvgIpc) is 2.30. The van der Waals surface area contributed by atoms with Crippen LogP contribution in [0.3, 0.4) is 0 Å². The van der Waals surface area contributed by atoms with Crippen molar-refractivity contribution >= 4 is 21.6 Å². The molecule has 1 atom stereocenters. The minimum absolute atomic E-state index is 0.0843. The Balaban J connectivity index is 2.91. The maximum atomic E-state index is 11.1. The van der Waals surface area contributed by atoms with Crippen molar-refractivity contribution in [2.75, 3.05) is 6.54 Å². The first-order valence-corrected chi connectivity index (χ1v) is 7.25. The number of halogens is 1. The third kappa shape index (κ3) is 5.24. The van der Waals surface area contributed by atoms with Gasteiger partial charge in [0.2, 0.25) is 0 Å². The van der Waals surface area contributed by atoms with E-state index in [0.29, 0.717) is 22.5 Å². The van der Waals surface area contributed by atoms with Crippen LogP contribution in [0.5, 0.6) is 0 Å². The standard InChI is InChI=1S/C13H20BrN3O2/c1-4-15-11(5-9(2)3)7-12-13(17(18)19)6-10(14)8-16-12/h6,8-9,11,15H,4-5,7H2,1-3H3. The Morgan fingerprint density at radius 2 is 2.21 bits per heavy atom. The molecular weight excluding hydrogens is 310 g/mol. The van der Waals surface area contributed by atoms with Gasteiger partial charge >= 0.3 is 0 Å². The Labute approximate surface area is 122 Å². The van der Waals surface area contributed by atoms with E-state index in [9.17, 15) is 10.1 Å². The van der Waals surface area contributed by atoms with E-state index in [4.69, 9.17) is 0 Å². The highest BCUT2D eigenvalue weighted by Crippen LogP contribution is 2.23. The molecule has 0 saturated heterocycles. The van der Waals surface area contributed by atoms with Gasteiger partial charge in [-0.1, -0.05) is 20.8 Å². The van der Waals surface area contributed by atoms with Crippen LogP contribution >= 0.6 is 15.9 Å². The van der Waals surface area contributed by atoms with Gasteiger partial charge in [-0.05, 0) is 34.8 Å². The Morgan fingerprint density at radius 1 is 1.53 bits per heavy atom. The van der Waals surface area contributed by atoms with Crippen LogP contribution < -0.4 is 5.32 Å². The molecular formula is C13H20BrN3O2. The van der Waals surface area contributed by atoms with E-state index in [1.54, 1.807) is 6.20 Å². The first-order chi connectivity index (χ1) is 8.93. The fraction of sp³-hybridized carbons (Fsp3) is 0.615. The Bertz CT molecular complexity index is 438. The molecule has 5 nitrogen and oxygen atoms in total. The molecule has 1 aromatic rings. The van der Waals surface area contributed by atoms with E-state index >= 15 is 0 Å². The van der Waals surface area contributed by atoms with Gasteiger partial charge < -0.3 is 5.32 Å². The van der Waals surface area contributed by atoms with E-state index in [2.05, 4.69) is 40.1 Å². The van der Waals surface area contributed by atoms with E-state index in [1.807, 2.05) is 6.92 Å². The fourth-order valence-corrected chi connectivity index (χ4v) is 2.42. The number of nitro groups is 1. The molecule has 6 heteroatoms. The average molecular weight is 330 g/mol. The maximum absolute atomic E-state index is 11.1. The summed E-state index contributed by atoms with van der Waals surface area (Å²) in [5.74, 6) is 0.540. The largest absolute Gasteiger partial charge is 0.314 e. The van der Waals surface area contributed by atoms with Gasteiger partial charge in [0, 0.05) is 29.2 Å². The number of aromatic nitrogens is 1. The Hall–Kier alpha value is -1.01. The third-order valence-electron chi connectivity index (χ3n) is 2.80. The summed E-state index contributed by atoms with van der Waals surface area (Å²) in [4.78, 5) is 14.9. The highest BCUT2D eigenvalue weighted by atomic mass is 79.9. The van der Waals surface area contributed by atoms with Gasteiger partial charge in [-0.3, -0.25) is 15.1 Å². The van der Waals surface area contributed by atoms with Crippen LogP contribution in [-0.2, 0) is 6.42 Å². The molecule has 0 aliphatic rings. The second kappa shape index (κ2) is 7.55. The first kappa shape index (κ1) is 16.0. The van der Waals surface area contributed by atoms with Crippen LogP contribution in [0, 0.1) is 16.0 Å². The zero-order valence-corrected chi connectivity index (χ0v) is 13.1. The second-order valence-corrected chi connectivity index (χ2v) is 5.88. The lowest BCUT2D eigenvalue weighted by atomic mass is 9.99. The molecule has 1 rings (SSSR count). The Kier molecular flexibility index (Phi) is 6.37. The smallest absolute Gasteiger partial charge is 0.291 e. The zero-order chi connectivity index (χ0) is 14.4. The summed E-state index contributed by atoms with van der Waals surface area (Å²) >= 11 is 3.22. The molecule has 1 unspecified atom stereocenters. The van der Waals surface area contributed by atoms with Crippen LogP contribution in [0.15, 0.2) is 16.7 Å². The van der Waals surface area contributed by atoms with Gasteiger partial charge in [0.25, 0.3) is 5.69 Å². The van der Waals surface area contributed by atoms with Gasteiger partial charge in [-0.15, -0.1) is 0 Å². The Morgan fingerprint density at radius 3 is 2.74 bits per heavy atom. The van der Waals surface area contributed by atoms with Crippen molar-refractivity contribution in [3.63, 3.8) is 0 Å². The normalized spacial score (nSPS) is 12.7. The lowest BCUT2D eigenvalue weighted by Gasteiger charge is -2.19. The van der Waals surface area contributed by atoms with Crippen molar-refractivity contribution in [2.24, 2.45) is 5.92 Å². The molecule has 0 bridgehead atoms. The number of rotatable bonds is 7. The van der Waals surface area contributed by atoms with Crippen molar-refractivity contribution in [3.05, 3.63) is 32.5 Å². The number of hydrogen-bond acceptors (Lipinski definition) is 4. The van der Waals surface area contributed by atoms with Crippen LogP contribution in [0.4, 0.5) is 5.69 Å². The van der Waals surface area contributed by atoms with Crippen molar-refractivity contribution in [2.45, 2.75) is 39.7 Å². The summed E-state index contributed by atoms with van der Waals surface area (Å²) in [7, 11) is 0. The number of nitrogens with one attached hydrogen (secondary N) is 1. The van der Waals surface area contributed by atoms with Gasteiger partial charge in [-0.2, -0.15) is 0 Å². The predicted molar refractivity (Wildman–Crippen MR) is 79.2 cm³/mol. The van der Waals surface area contributed by atoms with Gasteiger partial charge in [0.05, 0.1) is 4.92 Å². The number of hydrogen-bond donors (Lipinski definition) is 1. The molecule has 0 saturated carbocycles. The van der Waals surface area contributed by atoms with Crippen LogP contribution in [-0.4, -0.2) is 22.5 Å². The molecule has 1 aromatic heterocycles. The van der Waals surface area contributed by atoms with Crippen molar-refractivity contribution < 1.29 is 4.92 Å². The first-order valence-electron chi connectivity index (χ1n) is 6.46. The molecule has 0 radical (unpaired) electrons. The van der Waals surface area contributed by atoms with Crippen molar-refractivity contribution in [1.29, 1.82) is 0 Å². The molecule has 106 valence electrons. The van der Waals surface area contributed by atoms with Crippen molar-refractivity contribution in [3.8, 4) is 0 Å². The zero-order valence-electron chi connectivity index (χ0n) is 11.5. The SMILES string of the molecule is CCNC(Cc1ncc(Br)cc1[N+](=O)[O-])CC(C)C. The van der Waals surface area contributed by atoms with E-state index in [-0.39, 0.29) is 16.7 Å². The minimum atomic E-state index is -0.370. The molecule has 0 amide bonds. The summed E-state index contributed by atoms with van der Waals surface area (Å²) in [6.45, 7) is 7.18. The summed E-state index contributed by atoms with van der Waals surface area (Å²) in [5.41, 5.74) is 0.626. The van der Waals surface area contributed by atoms with Gasteiger partial charge in [0.1, 0.15) is 5.69 Å². The van der Waals surface area contributed by atoms with Crippen LogP contribution in [0.25, 0.3) is 0 Å². The predicted octanol–water partition coefficient (Wildman–Crippen LogP) is 3.32. The van der Waals surface area contributed by atoms with Gasteiger partial charge in [0.15, 0.2) is 0 Å². The highest BCUT2D eigenvalue weighted by Gasteiger charge is 2.20. The molecule has 0 aliphatic heterocycles.